The Hall–Kier alpha value is -0.700. The molecule has 4 nitrogen and oxygen atoms in total. The van der Waals surface area contributed by atoms with Crippen molar-refractivity contribution >= 4 is 44.4 Å². The summed E-state index contributed by atoms with van der Waals surface area (Å²) >= 11 is 2.15. The van der Waals surface area contributed by atoms with Crippen molar-refractivity contribution in [3.8, 4) is 0 Å². The second kappa shape index (κ2) is 5.35. The van der Waals surface area contributed by atoms with Crippen LogP contribution in [0.25, 0.3) is 0 Å². The lowest BCUT2D eigenvalue weighted by atomic mass is 10.1. The number of benzene rings is 1. The molecule has 104 valence electrons. The first-order chi connectivity index (χ1) is 8.78. The second-order valence-corrected chi connectivity index (χ2v) is 7.18. The molecule has 1 amide bonds. The SMILES string of the molecule is Cc1cccc(N2CC(CS(=O)(=O)F)CC2=O)c1I. The number of nitrogens with zero attached hydrogens (tertiary/aromatic N) is 1. The molecule has 1 heterocycles. The van der Waals surface area contributed by atoms with Crippen molar-refractivity contribution in [3.05, 3.63) is 27.3 Å². The molecule has 0 N–H and O–H groups in total. The van der Waals surface area contributed by atoms with Crippen LogP contribution in [0.3, 0.4) is 0 Å². The lowest BCUT2D eigenvalue weighted by Crippen LogP contribution is -2.26. The van der Waals surface area contributed by atoms with Crippen LogP contribution in [0.15, 0.2) is 18.2 Å². The summed E-state index contributed by atoms with van der Waals surface area (Å²) in [6.07, 6.45) is 0.0766. The number of anilines is 1. The first-order valence-corrected chi connectivity index (χ1v) is 8.39. The minimum Gasteiger partial charge on any atom is -0.311 e. The number of rotatable bonds is 3. The van der Waals surface area contributed by atoms with E-state index in [1.54, 1.807) is 4.90 Å². The number of carbonyl (C=O) groups is 1. The number of amides is 1. The molecule has 1 aliphatic rings. The van der Waals surface area contributed by atoms with Gasteiger partial charge in [0.2, 0.25) is 5.91 Å². The van der Waals surface area contributed by atoms with Crippen LogP contribution in [0.1, 0.15) is 12.0 Å². The van der Waals surface area contributed by atoms with E-state index < -0.39 is 21.9 Å². The van der Waals surface area contributed by atoms with Gasteiger partial charge in [0.1, 0.15) is 0 Å². The standard InChI is InChI=1S/C12H13FINO3S/c1-8-3-2-4-10(12(8)14)15-6-9(5-11(15)16)7-19(13,17)18/h2-4,9H,5-7H2,1H3. The minimum atomic E-state index is -4.54. The zero-order valence-corrected chi connectivity index (χ0v) is 13.2. The first kappa shape index (κ1) is 14.7. The summed E-state index contributed by atoms with van der Waals surface area (Å²) < 4.78 is 35.0. The third-order valence-electron chi connectivity index (χ3n) is 3.10. The Bertz CT molecular complexity index is 617. The van der Waals surface area contributed by atoms with Crippen LogP contribution in [0.5, 0.6) is 0 Å². The molecule has 1 aromatic rings. The average molecular weight is 397 g/mol. The van der Waals surface area contributed by atoms with Gasteiger partial charge >= 0.3 is 10.2 Å². The summed E-state index contributed by atoms with van der Waals surface area (Å²) in [7, 11) is -4.54. The molecule has 7 heteroatoms. The zero-order chi connectivity index (χ0) is 14.2. The quantitative estimate of drug-likeness (QED) is 0.581. The summed E-state index contributed by atoms with van der Waals surface area (Å²) in [5.74, 6) is -1.21. The maximum atomic E-state index is 12.7. The Labute approximate surface area is 125 Å². The van der Waals surface area contributed by atoms with E-state index in [4.69, 9.17) is 0 Å². The molecule has 2 rings (SSSR count). The fourth-order valence-electron chi connectivity index (χ4n) is 2.25. The van der Waals surface area contributed by atoms with Gasteiger partial charge in [-0.25, -0.2) is 0 Å². The maximum absolute atomic E-state index is 12.7. The zero-order valence-electron chi connectivity index (χ0n) is 10.3. The fourth-order valence-corrected chi connectivity index (χ4v) is 3.69. The van der Waals surface area contributed by atoms with Crippen LogP contribution in [-0.4, -0.2) is 26.6 Å². The molecule has 19 heavy (non-hydrogen) atoms. The van der Waals surface area contributed by atoms with Gasteiger partial charge in [-0.15, -0.1) is 3.89 Å². The second-order valence-electron chi connectivity index (χ2n) is 4.69. The van der Waals surface area contributed by atoms with E-state index >= 15 is 0 Å². The van der Waals surface area contributed by atoms with E-state index in [1.165, 1.54) is 0 Å². The highest BCUT2D eigenvalue weighted by molar-refractivity contribution is 14.1. The molecular weight excluding hydrogens is 384 g/mol. The van der Waals surface area contributed by atoms with Crippen LogP contribution in [0.2, 0.25) is 0 Å². The maximum Gasteiger partial charge on any atom is 0.302 e. The van der Waals surface area contributed by atoms with Crippen molar-refractivity contribution < 1.29 is 17.1 Å². The molecule has 1 saturated heterocycles. The van der Waals surface area contributed by atoms with Crippen molar-refractivity contribution in [1.82, 2.24) is 0 Å². The lowest BCUT2D eigenvalue weighted by molar-refractivity contribution is -0.117. The highest BCUT2D eigenvalue weighted by atomic mass is 127. The molecule has 1 aromatic carbocycles. The number of hydrogen-bond acceptors (Lipinski definition) is 3. The number of hydrogen-bond donors (Lipinski definition) is 0. The molecule has 0 radical (unpaired) electrons. The van der Waals surface area contributed by atoms with Gasteiger partial charge in [-0.05, 0) is 41.1 Å². The summed E-state index contributed by atoms with van der Waals surface area (Å²) in [5.41, 5.74) is 1.82. The summed E-state index contributed by atoms with van der Waals surface area (Å²) in [5, 5.41) is 0. The van der Waals surface area contributed by atoms with E-state index in [9.17, 15) is 17.1 Å². The normalized spacial score (nSPS) is 20.1. The molecular formula is C12H13FINO3S. The van der Waals surface area contributed by atoms with Crippen molar-refractivity contribution in [2.24, 2.45) is 5.92 Å². The van der Waals surface area contributed by atoms with E-state index in [-0.39, 0.29) is 18.9 Å². The molecule has 0 aliphatic carbocycles. The Balaban J connectivity index is 2.23. The summed E-state index contributed by atoms with van der Waals surface area (Å²) in [6, 6.07) is 5.60. The highest BCUT2D eigenvalue weighted by Crippen LogP contribution is 2.31. The first-order valence-electron chi connectivity index (χ1n) is 5.76. The third-order valence-corrected chi connectivity index (χ3v) is 5.38. The van der Waals surface area contributed by atoms with E-state index in [0.717, 1.165) is 14.8 Å². The van der Waals surface area contributed by atoms with Gasteiger partial charge in [0.15, 0.2) is 0 Å². The molecule has 0 bridgehead atoms. The lowest BCUT2D eigenvalue weighted by Gasteiger charge is -2.19. The fraction of sp³-hybridized carbons (Fsp3) is 0.417. The van der Waals surface area contributed by atoms with Crippen molar-refractivity contribution in [1.29, 1.82) is 0 Å². The molecule has 1 fully saturated rings. The van der Waals surface area contributed by atoms with E-state index in [1.807, 2.05) is 25.1 Å². The molecule has 1 unspecified atom stereocenters. The minimum absolute atomic E-state index is 0.0766. The van der Waals surface area contributed by atoms with Gasteiger partial charge in [0.05, 0.1) is 11.4 Å². The number of carbonyl (C=O) groups excluding carboxylic acids is 1. The topological polar surface area (TPSA) is 54.5 Å². The molecule has 0 spiro atoms. The predicted molar refractivity (Wildman–Crippen MR) is 79.3 cm³/mol. The number of halogens is 2. The van der Waals surface area contributed by atoms with Gasteiger partial charge in [0.25, 0.3) is 0 Å². The van der Waals surface area contributed by atoms with Crippen LogP contribution >= 0.6 is 22.6 Å². The van der Waals surface area contributed by atoms with Gasteiger partial charge in [-0.1, -0.05) is 12.1 Å². The Morgan fingerprint density at radius 1 is 1.47 bits per heavy atom. The van der Waals surface area contributed by atoms with Gasteiger partial charge in [-0.3, -0.25) is 4.79 Å². The summed E-state index contributed by atoms with van der Waals surface area (Å²) in [6.45, 7) is 2.19. The van der Waals surface area contributed by atoms with E-state index in [0.29, 0.717) is 0 Å². The van der Waals surface area contributed by atoms with Crippen LogP contribution in [0.4, 0.5) is 9.57 Å². The highest BCUT2D eigenvalue weighted by Gasteiger charge is 2.34. The monoisotopic (exact) mass is 397 g/mol. The van der Waals surface area contributed by atoms with E-state index in [2.05, 4.69) is 22.6 Å². The van der Waals surface area contributed by atoms with Crippen LogP contribution in [0, 0.1) is 16.4 Å². The molecule has 0 aromatic heterocycles. The van der Waals surface area contributed by atoms with Crippen LogP contribution in [-0.2, 0) is 15.0 Å². The van der Waals surface area contributed by atoms with Crippen molar-refractivity contribution in [3.63, 3.8) is 0 Å². The Kier molecular flexibility index (Phi) is 4.14. The number of aryl methyl sites for hydroxylation is 1. The molecule has 1 atom stereocenters. The van der Waals surface area contributed by atoms with Crippen molar-refractivity contribution in [2.75, 3.05) is 17.2 Å². The van der Waals surface area contributed by atoms with Gasteiger partial charge in [0, 0.05) is 22.5 Å². The van der Waals surface area contributed by atoms with Crippen LogP contribution < -0.4 is 4.90 Å². The summed E-state index contributed by atoms with van der Waals surface area (Å²) in [4.78, 5) is 13.5. The van der Waals surface area contributed by atoms with Gasteiger partial charge in [-0.2, -0.15) is 8.42 Å². The average Bonchev–Trinajstić information content (AvgIpc) is 2.61. The smallest absolute Gasteiger partial charge is 0.302 e. The largest absolute Gasteiger partial charge is 0.311 e. The Morgan fingerprint density at radius 3 is 2.79 bits per heavy atom. The Morgan fingerprint density at radius 2 is 2.16 bits per heavy atom. The molecule has 1 aliphatic heterocycles. The molecule has 0 saturated carbocycles. The predicted octanol–water partition coefficient (Wildman–Crippen LogP) is 2.25. The van der Waals surface area contributed by atoms with Gasteiger partial charge < -0.3 is 4.90 Å². The third kappa shape index (κ3) is 3.44. The van der Waals surface area contributed by atoms with Crippen molar-refractivity contribution in [2.45, 2.75) is 13.3 Å².